The Bertz CT molecular complexity index is 123. The van der Waals surface area contributed by atoms with Gasteiger partial charge in [-0.1, -0.05) is 6.08 Å². The number of rotatable bonds is 5. The molecule has 0 heterocycles. The average Bonchev–Trinajstić information content (AvgIpc) is 1.87. The third-order valence-electron chi connectivity index (χ3n) is 1.38. The zero-order chi connectivity index (χ0) is 8.91. The van der Waals surface area contributed by atoms with Crippen molar-refractivity contribution in [2.45, 2.75) is 38.5 Å². The Morgan fingerprint density at radius 3 is 2.45 bits per heavy atom. The molecule has 0 aromatic heterocycles. The number of nitrogens with two attached hydrogens (primary N) is 1. The van der Waals surface area contributed by atoms with Crippen LogP contribution in [-0.4, -0.2) is 11.8 Å². The molecule has 0 saturated carbocycles. The maximum Gasteiger partial charge on any atom is 0.120 e. The zero-order valence-electron chi connectivity index (χ0n) is 7.47. The van der Waals surface area contributed by atoms with Crippen LogP contribution in [0.15, 0.2) is 12.7 Å². The monoisotopic (exact) mass is 156 g/mol. The molecule has 0 spiro atoms. The fourth-order valence-electron chi connectivity index (χ4n) is 0.923. The quantitative estimate of drug-likeness (QED) is 0.487. The minimum atomic E-state index is -0.615. The molecule has 0 rings (SSSR count). The predicted octanol–water partition coefficient (Wildman–Crippen LogP) is 1.87. The van der Waals surface area contributed by atoms with E-state index in [-0.39, 0.29) is 6.10 Å². The van der Waals surface area contributed by atoms with Crippen molar-refractivity contribution in [2.24, 2.45) is 5.73 Å². The Kier molecular flexibility index (Phi) is 4.38. The molecule has 1 atom stereocenters. The highest BCUT2D eigenvalue weighted by Gasteiger charge is 2.22. The van der Waals surface area contributed by atoms with E-state index in [0.717, 1.165) is 0 Å². The highest BCUT2D eigenvalue weighted by molar-refractivity contribution is 4.84. The lowest BCUT2D eigenvalue weighted by atomic mass is 10.1. The van der Waals surface area contributed by atoms with Crippen molar-refractivity contribution < 1.29 is 4.74 Å². The Hall–Kier alpha value is -0.340. The number of hydrogen-bond acceptors (Lipinski definition) is 2. The van der Waals surface area contributed by atoms with Crippen LogP contribution in [0.25, 0.3) is 0 Å². The van der Waals surface area contributed by atoms with Gasteiger partial charge in [0.1, 0.15) is 5.72 Å². The second-order valence-electron chi connectivity index (χ2n) is 2.97. The van der Waals surface area contributed by atoms with Crippen molar-refractivity contribution >= 4 is 0 Å². The molecule has 2 nitrogen and oxygen atoms in total. The Morgan fingerprint density at radius 2 is 2.18 bits per heavy atom. The third kappa shape index (κ3) is 4.17. The largest absolute Gasteiger partial charge is 0.358 e. The first-order valence-electron chi connectivity index (χ1n) is 3.91. The van der Waals surface area contributed by atoms with E-state index in [1.165, 1.54) is 0 Å². The van der Waals surface area contributed by atoms with Crippen molar-refractivity contribution in [3.63, 3.8) is 0 Å². The van der Waals surface area contributed by atoms with Gasteiger partial charge in [0.25, 0.3) is 0 Å². The van der Waals surface area contributed by atoms with Crippen LogP contribution in [0, 0.1) is 6.92 Å². The van der Waals surface area contributed by atoms with Gasteiger partial charge < -0.3 is 10.5 Å². The van der Waals surface area contributed by atoms with Crippen molar-refractivity contribution in [2.75, 3.05) is 0 Å². The van der Waals surface area contributed by atoms with Crippen molar-refractivity contribution in [1.29, 1.82) is 0 Å². The van der Waals surface area contributed by atoms with E-state index in [1.54, 1.807) is 6.08 Å². The molecule has 0 aliphatic rings. The van der Waals surface area contributed by atoms with Gasteiger partial charge in [0.05, 0.1) is 6.10 Å². The standard InChI is InChI=1S/C9H18NO/c1-5-7-9(10,6-2)11-8(3)4/h5,8H,1-2,6-7,10H2,3-4H3. The van der Waals surface area contributed by atoms with Gasteiger partial charge in [-0.25, -0.2) is 0 Å². The van der Waals surface area contributed by atoms with Gasteiger partial charge >= 0.3 is 0 Å². The van der Waals surface area contributed by atoms with E-state index in [1.807, 2.05) is 13.8 Å². The van der Waals surface area contributed by atoms with Crippen LogP contribution in [0.4, 0.5) is 0 Å². The summed E-state index contributed by atoms with van der Waals surface area (Å²) in [7, 11) is 0. The molecular weight excluding hydrogens is 138 g/mol. The molecule has 0 amide bonds. The molecule has 11 heavy (non-hydrogen) atoms. The molecule has 0 aromatic carbocycles. The lowest BCUT2D eigenvalue weighted by Gasteiger charge is -2.29. The van der Waals surface area contributed by atoms with Gasteiger partial charge in [0.2, 0.25) is 0 Å². The summed E-state index contributed by atoms with van der Waals surface area (Å²) in [5, 5.41) is 0. The summed E-state index contributed by atoms with van der Waals surface area (Å²) >= 11 is 0. The lowest BCUT2D eigenvalue weighted by Crippen LogP contribution is -2.43. The maximum absolute atomic E-state index is 5.85. The maximum atomic E-state index is 5.85. The third-order valence-corrected chi connectivity index (χ3v) is 1.38. The molecule has 0 aromatic rings. The van der Waals surface area contributed by atoms with E-state index in [4.69, 9.17) is 10.5 Å². The smallest absolute Gasteiger partial charge is 0.120 e. The minimum Gasteiger partial charge on any atom is -0.358 e. The predicted molar refractivity (Wildman–Crippen MR) is 47.9 cm³/mol. The summed E-state index contributed by atoms with van der Waals surface area (Å²) in [5.41, 5.74) is 5.24. The summed E-state index contributed by atoms with van der Waals surface area (Å²) < 4.78 is 5.47. The lowest BCUT2D eigenvalue weighted by molar-refractivity contribution is -0.0728. The Balaban J connectivity index is 3.97. The molecule has 0 fully saturated rings. The van der Waals surface area contributed by atoms with Gasteiger partial charge in [-0.05, 0) is 27.2 Å². The fourth-order valence-corrected chi connectivity index (χ4v) is 0.923. The van der Waals surface area contributed by atoms with E-state index in [9.17, 15) is 0 Å². The van der Waals surface area contributed by atoms with E-state index < -0.39 is 5.72 Å². The van der Waals surface area contributed by atoms with Gasteiger partial charge in [-0.3, -0.25) is 0 Å². The van der Waals surface area contributed by atoms with Crippen LogP contribution < -0.4 is 5.73 Å². The van der Waals surface area contributed by atoms with Crippen LogP contribution >= 0.6 is 0 Å². The topological polar surface area (TPSA) is 35.2 Å². The van der Waals surface area contributed by atoms with Gasteiger partial charge in [0.15, 0.2) is 0 Å². The van der Waals surface area contributed by atoms with Crippen LogP contribution in [0.3, 0.4) is 0 Å². The van der Waals surface area contributed by atoms with Crippen molar-refractivity contribution in [1.82, 2.24) is 0 Å². The first-order chi connectivity index (χ1) is 5.04. The van der Waals surface area contributed by atoms with Gasteiger partial charge in [-0.2, -0.15) is 0 Å². The number of hydrogen-bond donors (Lipinski definition) is 1. The molecule has 0 saturated heterocycles. The fraction of sp³-hybridized carbons (Fsp3) is 0.667. The molecule has 1 radical (unpaired) electrons. The number of ether oxygens (including phenoxy) is 1. The summed E-state index contributed by atoms with van der Waals surface area (Å²) in [6.45, 7) is 11.3. The van der Waals surface area contributed by atoms with Crippen molar-refractivity contribution in [3.05, 3.63) is 19.6 Å². The van der Waals surface area contributed by atoms with Crippen LogP contribution in [0.1, 0.15) is 26.7 Å². The normalized spacial score (nSPS) is 16.5. The average molecular weight is 156 g/mol. The Labute approximate surface area is 69.4 Å². The van der Waals surface area contributed by atoms with E-state index >= 15 is 0 Å². The van der Waals surface area contributed by atoms with Crippen LogP contribution in [0.5, 0.6) is 0 Å². The highest BCUT2D eigenvalue weighted by Crippen LogP contribution is 2.15. The molecule has 2 heteroatoms. The van der Waals surface area contributed by atoms with E-state index in [2.05, 4.69) is 13.5 Å². The molecule has 65 valence electrons. The summed E-state index contributed by atoms with van der Waals surface area (Å²) in [6.07, 6.45) is 3.11. The second-order valence-corrected chi connectivity index (χ2v) is 2.97. The molecule has 0 aliphatic heterocycles. The first kappa shape index (κ1) is 10.7. The molecule has 1 unspecified atom stereocenters. The zero-order valence-corrected chi connectivity index (χ0v) is 7.47. The van der Waals surface area contributed by atoms with Crippen LogP contribution in [0.2, 0.25) is 0 Å². The molecule has 0 aliphatic carbocycles. The van der Waals surface area contributed by atoms with E-state index in [0.29, 0.717) is 12.8 Å². The van der Waals surface area contributed by atoms with Crippen LogP contribution in [-0.2, 0) is 4.74 Å². The SMILES string of the molecule is [CH2]CC(N)(CC=C)OC(C)C. The molecule has 0 bridgehead atoms. The minimum absolute atomic E-state index is 0.140. The van der Waals surface area contributed by atoms with Gasteiger partial charge in [0, 0.05) is 6.42 Å². The summed E-state index contributed by atoms with van der Waals surface area (Å²) in [4.78, 5) is 0. The molecular formula is C9H18NO. The van der Waals surface area contributed by atoms with Crippen molar-refractivity contribution in [3.8, 4) is 0 Å². The van der Waals surface area contributed by atoms with Gasteiger partial charge in [-0.15, -0.1) is 6.58 Å². The Morgan fingerprint density at radius 1 is 1.64 bits per heavy atom. The highest BCUT2D eigenvalue weighted by atomic mass is 16.5. The summed E-state index contributed by atoms with van der Waals surface area (Å²) in [6, 6.07) is 0. The first-order valence-corrected chi connectivity index (χ1v) is 3.91. The summed E-state index contributed by atoms with van der Waals surface area (Å²) in [5.74, 6) is 0. The second kappa shape index (κ2) is 4.52. The molecule has 2 N–H and O–H groups in total.